The Morgan fingerprint density at radius 3 is 2.50 bits per heavy atom. The Morgan fingerprint density at radius 1 is 1.00 bits per heavy atom. The summed E-state index contributed by atoms with van der Waals surface area (Å²) >= 11 is 1.31. The summed E-state index contributed by atoms with van der Waals surface area (Å²) in [7, 11) is 0. The van der Waals surface area contributed by atoms with Crippen LogP contribution in [0.15, 0.2) is 82.7 Å². The minimum absolute atomic E-state index is 0.0196. The normalized spacial score (nSPS) is 15.2. The van der Waals surface area contributed by atoms with Crippen LogP contribution in [0.2, 0.25) is 0 Å². The molecule has 1 aliphatic rings. The van der Waals surface area contributed by atoms with Gasteiger partial charge in [0, 0.05) is 11.7 Å². The lowest BCUT2D eigenvalue weighted by Gasteiger charge is -2.23. The number of thioether (sulfide) groups is 1. The van der Waals surface area contributed by atoms with Crippen molar-refractivity contribution >= 4 is 34.3 Å². The van der Waals surface area contributed by atoms with Crippen LogP contribution in [0.4, 0.5) is 5.69 Å². The first kappa shape index (κ1) is 20.5. The van der Waals surface area contributed by atoms with Crippen LogP contribution in [0.3, 0.4) is 0 Å². The molecular formula is C26H23N3O2S. The first-order chi connectivity index (χ1) is 15.5. The van der Waals surface area contributed by atoms with E-state index in [0.29, 0.717) is 16.1 Å². The van der Waals surface area contributed by atoms with Crippen LogP contribution >= 0.6 is 11.8 Å². The Kier molecular flexibility index (Phi) is 5.31. The molecule has 0 N–H and O–H groups in total. The van der Waals surface area contributed by atoms with Gasteiger partial charge in [-0.05, 0) is 55.7 Å². The molecule has 0 saturated carbocycles. The maximum atomic E-state index is 13.4. The summed E-state index contributed by atoms with van der Waals surface area (Å²) < 4.78 is 1.64. The molecular weight excluding hydrogens is 418 g/mol. The molecule has 0 spiro atoms. The summed E-state index contributed by atoms with van der Waals surface area (Å²) in [5.41, 5.74) is 4.44. The zero-order chi connectivity index (χ0) is 22.2. The van der Waals surface area contributed by atoms with E-state index >= 15 is 0 Å². The van der Waals surface area contributed by atoms with Gasteiger partial charge in [0.05, 0.1) is 22.3 Å². The molecule has 1 aromatic heterocycles. The number of para-hydroxylation sites is 3. The van der Waals surface area contributed by atoms with Gasteiger partial charge in [0.25, 0.3) is 5.56 Å². The molecule has 32 heavy (non-hydrogen) atoms. The number of amides is 1. The molecule has 4 aromatic rings. The summed E-state index contributed by atoms with van der Waals surface area (Å²) in [6.07, 6.45) is 0.856. The van der Waals surface area contributed by atoms with Gasteiger partial charge in [-0.3, -0.25) is 14.2 Å². The molecule has 0 fully saturated rings. The fraction of sp³-hybridized carbons (Fsp3) is 0.192. The Balaban J connectivity index is 1.53. The molecule has 6 heteroatoms. The van der Waals surface area contributed by atoms with Crippen molar-refractivity contribution in [3.8, 4) is 5.69 Å². The SMILES string of the molecule is Cc1ccccc1-n1c(SCC(=O)N2c3ccccc3CC2C)nc2ccccc2c1=O. The largest absolute Gasteiger partial charge is 0.308 e. The molecule has 0 saturated heterocycles. The van der Waals surface area contributed by atoms with Crippen LogP contribution in [0, 0.1) is 6.92 Å². The molecule has 1 atom stereocenters. The molecule has 5 rings (SSSR count). The third kappa shape index (κ3) is 3.50. The maximum Gasteiger partial charge on any atom is 0.266 e. The predicted octanol–water partition coefficient (Wildman–Crippen LogP) is 4.76. The number of rotatable bonds is 4. The molecule has 0 radical (unpaired) electrons. The predicted molar refractivity (Wildman–Crippen MR) is 130 cm³/mol. The fourth-order valence-electron chi connectivity index (χ4n) is 4.38. The fourth-order valence-corrected chi connectivity index (χ4v) is 5.24. The second kappa shape index (κ2) is 8.28. The van der Waals surface area contributed by atoms with E-state index in [9.17, 15) is 9.59 Å². The molecule has 1 amide bonds. The number of aromatic nitrogens is 2. The average Bonchev–Trinajstić information content (AvgIpc) is 3.14. The maximum absolute atomic E-state index is 13.4. The van der Waals surface area contributed by atoms with Crippen molar-refractivity contribution in [1.82, 2.24) is 9.55 Å². The lowest BCUT2D eigenvalue weighted by Crippen LogP contribution is -2.37. The lowest BCUT2D eigenvalue weighted by atomic mass is 10.1. The summed E-state index contributed by atoms with van der Waals surface area (Å²) in [6, 6.07) is 23.2. The van der Waals surface area contributed by atoms with E-state index in [4.69, 9.17) is 4.98 Å². The first-order valence-electron chi connectivity index (χ1n) is 10.6. The second-order valence-corrected chi connectivity index (χ2v) is 9.02. The smallest absolute Gasteiger partial charge is 0.266 e. The number of aryl methyl sites for hydroxylation is 1. The summed E-state index contributed by atoms with van der Waals surface area (Å²) in [4.78, 5) is 33.3. The number of benzene rings is 3. The number of fused-ring (bicyclic) bond motifs is 2. The molecule has 0 aliphatic carbocycles. The summed E-state index contributed by atoms with van der Waals surface area (Å²) in [5.74, 6) is 0.223. The lowest BCUT2D eigenvalue weighted by molar-refractivity contribution is -0.116. The van der Waals surface area contributed by atoms with Crippen LogP contribution < -0.4 is 10.5 Å². The minimum atomic E-state index is -0.125. The number of anilines is 1. The number of carbonyl (C=O) groups excluding carboxylic acids is 1. The van der Waals surface area contributed by atoms with Gasteiger partial charge < -0.3 is 4.90 Å². The third-order valence-electron chi connectivity index (χ3n) is 5.90. The monoisotopic (exact) mass is 441 g/mol. The zero-order valence-electron chi connectivity index (χ0n) is 18.0. The van der Waals surface area contributed by atoms with Gasteiger partial charge in [-0.25, -0.2) is 4.98 Å². The zero-order valence-corrected chi connectivity index (χ0v) is 18.8. The van der Waals surface area contributed by atoms with Gasteiger partial charge in [-0.15, -0.1) is 0 Å². The first-order valence-corrected chi connectivity index (χ1v) is 11.6. The van der Waals surface area contributed by atoms with E-state index in [1.165, 1.54) is 17.3 Å². The third-order valence-corrected chi connectivity index (χ3v) is 6.83. The highest BCUT2D eigenvalue weighted by Gasteiger charge is 2.30. The number of carbonyl (C=O) groups is 1. The summed E-state index contributed by atoms with van der Waals surface area (Å²) in [6.45, 7) is 4.04. The molecule has 160 valence electrons. The van der Waals surface area contributed by atoms with E-state index in [0.717, 1.165) is 23.4 Å². The van der Waals surface area contributed by atoms with E-state index in [2.05, 4.69) is 13.0 Å². The average molecular weight is 442 g/mol. The molecule has 1 aliphatic heterocycles. The van der Waals surface area contributed by atoms with E-state index in [1.54, 1.807) is 10.6 Å². The van der Waals surface area contributed by atoms with E-state index in [-0.39, 0.29) is 23.3 Å². The van der Waals surface area contributed by atoms with Gasteiger partial charge in [-0.1, -0.05) is 60.3 Å². The number of hydrogen-bond acceptors (Lipinski definition) is 4. The molecule has 2 heterocycles. The quantitative estimate of drug-likeness (QED) is 0.338. The van der Waals surface area contributed by atoms with Crippen LogP contribution in [-0.4, -0.2) is 27.3 Å². The molecule has 1 unspecified atom stereocenters. The van der Waals surface area contributed by atoms with Gasteiger partial charge in [0.2, 0.25) is 5.91 Å². The Labute approximate surface area is 190 Å². The topological polar surface area (TPSA) is 55.2 Å². The van der Waals surface area contributed by atoms with Crippen molar-refractivity contribution in [1.29, 1.82) is 0 Å². The van der Waals surface area contributed by atoms with Crippen molar-refractivity contribution in [2.75, 3.05) is 10.7 Å². The van der Waals surface area contributed by atoms with Gasteiger partial charge in [0.15, 0.2) is 5.16 Å². The highest BCUT2D eigenvalue weighted by molar-refractivity contribution is 7.99. The molecule has 0 bridgehead atoms. The van der Waals surface area contributed by atoms with Crippen molar-refractivity contribution in [2.45, 2.75) is 31.5 Å². The second-order valence-electron chi connectivity index (χ2n) is 8.07. The Bertz CT molecular complexity index is 1400. The minimum Gasteiger partial charge on any atom is -0.308 e. The highest BCUT2D eigenvalue weighted by Crippen LogP contribution is 2.33. The van der Waals surface area contributed by atoms with Crippen molar-refractivity contribution < 1.29 is 4.79 Å². The van der Waals surface area contributed by atoms with Gasteiger partial charge >= 0.3 is 0 Å². The van der Waals surface area contributed by atoms with Crippen LogP contribution in [0.5, 0.6) is 0 Å². The number of hydrogen-bond donors (Lipinski definition) is 0. The standard InChI is InChI=1S/C26H23N3O2S/c1-17-9-3-7-13-22(17)29-25(31)20-11-5-6-12-21(20)27-26(29)32-16-24(30)28-18(2)15-19-10-4-8-14-23(19)28/h3-14,18H,15-16H2,1-2H3. The summed E-state index contributed by atoms with van der Waals surface area (Å²) in [5, 5.41) is 1.09. The van der Waals surface area contributed by atoms with Crippen LogP contribution in [0.25, 0.3) is 16.6 Å². The Hall–Kier alpha value is -3.38. The van der Waals surface area contributed by atoms with Crippen molar-refractivity contribution in [3.05, 3.63) is 94.3 Å². The van der Waals surface area contributed by atoms with E-state index in [1.807, 2.05) is 72.5 Å². The van der Waals surface area contributed by atoms with Crippen LogP contribution in [-0.2, 0) is 11.2 Å². The highest BCUT2D eigenvalue weighted by atomic mass is 32.2. The molecule has 5 nitrogen and oxygen atoms in total. The van der Waals surface area contributed by atoms with E-state index < -0.39 is 0 Å². The van der Waals surface area contributed by atoms with Gasteiger partial charge in [0.1, 0.15) is 0 Å². The number of nitrogens with zero attached hydrogens (tertiary/aromatic N) is 3. The Morgan fingerprint density at radius 2 is 1.69 bits per heavy atom. The van der Waals surface area contributed by atoms with Crippen LogP contribution in [0.1, 0.15) is 18.1 Å². The molecule has 3 aromatic carbocycles. The van der Waals surface area contributed by atoms with Crippen molar-refractivity contribution in [2.24, 2.45) is 0 Å². The van der Waals surface area contributed by atoms with Gasteiger partial charge in [-0.2, -0.15) is 0 Å². The van der Waals surface area contributed by atoms with Crippen molar-refractivity contribution in [3.63, 3.8) is 0 Å².